The van der Waals surface area contributed by atoms with Gasteiger partial charge in [-0.1, -0.05) is 6.92 Å². The zero-order valence-corrected chi connectivity index (χ0v) is 12.6. The van der Waals surface area contributed by atoms with E-state index in [-0.39, 0.29) is 10.6 Å². The van der Waals surface area contributed by atoms with E-state index < -0.39 is 0 Å². The fraction of sp³-hybridized carbons (Fsp3) is 0.615. The number of hydrogen-bond acceptors (Lipinski definition) is 6. The van der Waals surface area contributed by atoms with Crippen LogP contribution < -0.4 is 10.6 Å². The third-order valence-corrected chi connectivity index (χ3v) is 4.83. The van der Waals surface area contributed by atoms with Gasteiger partial charge >= 0.3 is 0 Å². The van der Waals surface area contributed by atoms with Crippen LogP contribution in [0.2, 0.25) is 0 Å². The van der Waals surface area contributed by atoms with Gasteiger partial charge in [0.25, 0.3) is 5.69 Å². The molecule has 1 aliphatic carbocycles. The highest BCUT2D eigenvalue weighted by molar-refractivity contribution is 8.00. The van der Waals surface area contributed by atoms with Gasteiger partial charge in [-0.05, 0) is 25.5 Å². The van der Waals surface area contributed by atoms with Crippen LogP contribution in [0.4, 0.5) is 17.3 Å². The number of hydrogen-bond donors (Lipinski definition) is 2. The Morgan fingerprint density at radius 3 is 2.55 bits per heavy atom. The summed E-state index contributed by atoms with van der Waals surface area (Å²) >= 11 is 1.85. The molecule has 1 fully saturated rings. The van der Waals surface area contributed by atoms with Crippen molar-refractivity contribution in [3.63, 3.8) is 0 Å². The lowest BCUT2D eigenvalue weighted by Crippen LogP contribution is -2.18. The van der Waals surface area contributed by atoms with Gasteiger partial charge in [0, 0.05) is 17.8 Å². The Bertz CT molecular complexity index is 491. The summed E-state index contributed by atoms with van der Waals surface area (Å²) in [5.41, 5.74) is 0.0649. The third-order valence-electron chi connectivity index (χ3n) is 3.41. The van der Waals surface area contributed by atoms with Crippen molar-refractivity contribution in [3.8, 4) is 0 Å². The average molecular weight is 296 g/mol. The molecule has 1 heterocycles. The Hall–Kier alpha value is -1.50. The SMILES string of the molecule is CCCNc1cc([N+](=O)[O-])cc(NCC2(SC)CC2)n1. The van der Waals surface area contributed by atoms with E-state index in [4.69, 9.17) is 0 Å². The largest absolute Gasteiger partial charge is 0.370 e. The second kappa shape index (κ2) is 6.30. The minimum Gasteiger partial charge on any atom is -0.370 e. The normalized spacial score (nSPS) is 15.7. The van der Waals surface area contributed by atoms with Crippen molar-refractivity contribution >= 4 is 29.1 Å². The first-order valence-electron chi connectivity index (χ1n) is 6.78. The van der Waals surface area contributed by atoms with Crippen LogP contribution in [0.25, 0.3) is 0 Å². The minimum atomic E-state index is -0.383. The molecular formula is C13H20N4O2S. The number of pyridine rings is 1. The summed E-state index contributed by atoms with van der Waals surface area (Å²) in [7, 11) is 0. The number of anilines is 2. The number of aromatic nitrogens is 1. The molecule has 0 saturated heterocycles. The molecule has 110 valence electrons. The molecule has 0 spiro atoms. The molecule has 1 aromatic heterocycles. The lowest BCUT2D eigenvalue weighted by Gasteiger charge is -2.14. The van der Waals surface area contributed by atoms with Gasteiger partial charge in [0.15, 0.2) is 0 Å². The van der Waals surface area contributed by atoms with E-state index in [1.807, 2.05) is 18.7 Å². The standard InChI is InChI=1S/C13H20N4O2S/c1-3-6-14-11-7-10(17(18)19)8-12(16-11)15-9-13(20-2)4-5-13/h7-8H,3-6,9H2,1-2H3,(H2,14,15,16). The maximum absolute atomic E-state index is 11.0. The first kappa shape index (κ1) is 14.9. The Morgan fingerprint density at radius 1 is 1.40 bits per heavy atom. The molecule has 1 aromatic rings. The molecule has 0 atom stereocenters. The molecule has 0 amide bonds. The molecule has 7 heteroatoms. The Labute approximate surface area is 122 Å². The first-order chi connectivity index (χ1) is 9.58. The second-order valence-corrected chi connectivity index (χ2v) is 6.29. The van der Waals surface area contributed by atoms with Crippen molar-refractivity contribution in [1.29, 1.82) is 0 Å². The predicted octanol–water partition coefficient (Wildman–Crippen LogP) is 3.12. The quantitative estimate of drug-likeness (QED) is 0.567. The molecular weight excluding hydrogens is 276 g/mol. The minimum absolute atomic E-state index is 0.0649. The van der Waals surface area contributed by atoms with Crippen molar-refractivity contribution < 1.29 is 4.92 Å². The molecule has 20 heavy (non-hydrogen) atoms. The fourth-order valence-electron chi connectivity index (χ4n) is 1.90. The zero-order chi connectivity index (χ0) is 14.6. The molecule has 1 aliphatic rings. The topological polar surface area (TPSA) is 80.1 Å². The number of thioether (sulfide) groups is 1. The van der Waals surface area contributed by atoms with Crippen molar-refractivity contribution in [2.24, 2.45) is 0 Å². The fourth-order valence-corrected chi connectivity index (χ4v) is 2.63. The van der Waals surface area contributed by atoms with Gasteiger partial charge in [-0.15, -0.1) is 0 Å². The number of nitro groups is 1. The molecule has 0 radical (unpaired) electrons. The van der Waals surface area contributed by atoms with E-state index in [0.29, 0.717) is 16.4 Å². The van der Waals surface area contributed by atoms with Gasteiger partial charge in [-0.3, -0.25) is 10.1 Å². The Kier molecular flexibility index (Phi) is 4.69. The van der Waals surface area contributed by atoms with Gasteiger partial charge in [0.2, 0.25) is 0 Å². The van der Waals surface area contributed by atoms with Crippen molar-refractivity contribution in [2.45, 2.75) is 30.9 Å². The summed E-state index contributed by atoms with van der Waals surface area (Å²) in [6.45, 7) is 3.59. The van der Waals surface area contributed by atoms with Crippen LogP contribution in [0.3, 0.4) is 0 Å². The number of nitrogens with zero attached hydrogens (tertiary/aromatic N) is 2. The van der Waals surface area contributed by atoms with Crippen molar-refractivity contribution in [1.82, 2.24) is 4.98 Å². The van der Waals surface area contributed by atoms with E-state index in [2.05, 4.69) is 21.9 Å². The van der Waals surface area contributed by atoms with E-state index in [0.717, 1.165) is 19.5 Å². The molecule has 1 saturated carbocycles. The molecule has 6 nitrogen and oxygen atoms in total. The molecule has 0 bridgehead atoms. The predicted molar refractivity (Wildman–Crippen MR) is 83.6 cm³/mol. The van der Waals surface area contributed by atoms with Crippen LogP contribution in [0.5, 0.6) is 0 Å². The summed E-state index contributed by atoms with van der Waals surface area (Å²) < 4.78 is 0.295. The highest BCUT2D eigenvalue weighted by Gasteiger charge is 2.41. The highest BCUT2D eigenvalue weighted by atomic mass is 32.2. The molecule has 2 N–H and O–H groups in total. The Morgan fingerprint density at radius 2 is 2.05 bits per heavy atom. The summed E-state index contributed by atoms with van der Waals surface area (Å²) in [5.74, 6) is 1.12. The zero-order valence-electron chi connectivity index (χ0n) is 11.8. The van der Waals surface area contributed by atoms with Crippen LogP contribution in [0.15, 0.2) is 12.1 Å². The first-order valence-corrected chi connectivity index (χ1v) is 8.00. The van der Waals surface area contributed by atoms with Gasteiger partial charge in [0.05, 0.1) is 17.1 Å². The van der Waals surface area contributed by atoms with Crippen LogP contribution in [0.1, 0.15) is 26.2 Å². The summed E-state index contributed by atoms with van der Waals surface area (Å²) in [4.78, 5) is 15.0. The highest BCUT2D eigenvalue weighted by Crippen LogP contribution is 2.47. The van der Waals surface area contributed by atoms with E-state index in [9.17, 15) is 10.1 Å². The number of rotatable bonds is 8. The van der Waals surface area contributed by atoms with Crippen LogP contribution in [0, 0.1) is 10.1 Å². The lowest BCUT2D eigenvalue weighted by atomic mass is 10.3. The number of nitrogens with one attached hydrogen (secondary N) is 2. The van der Waals surface area contributed by atoms with Gasteiger partial charge in [0.1, 0.15) is 11.6 Å². The van der Waals surface area contributed by atoms with Crippen LogP contribution in [-0.4, -0.2) is 34.0 Å². The van der Waals surface area contributed by atoms with Gasteiger partial charge in [-0.2, -0.15) is 11.8 Å². The van der Waals surface area contributed by atoms with Gasteiger partial charge < -0.3 is 10.6 Å². The van der Waals surface area contributed by atoms with E-state index in [1.54, 1.807) is 0 Å². The second-order valence-electron chi connectivity index (χ2n) is 5.02. The van der Waals surface area contributed by atoms with E-state index >= 15 is 0 Å². The monoisotopic (exact) mass is 296 g/mol. The molecule has 0 aromatic carbocycles. The van der Waals surface area contributed by atoms with E-state index in [1.165, 1.54) is 25.0 Å². The summed E-state index contributed by atoms with van der Waals surface area (Å²) in [6.07, 6.45) is 5.43. The lowest BCUT2D eigenvalue weighted by molar-refractivity contribution is -0.384. The van der Waals surface area contributed by atoms with Crippen LogP contribution >= 0.6 is 11.8 Å². The van der Waals surface area contributed by atoms with Gasteiger partial charge in [-0.25, -0.2) is 4.98 Å². The maximum atomic E-state index is 11.0. The summed E-state index contributed by atoms with van der Waals surface area (Å²) in [5, 5.41) is 17.3. The van der Waals surface area contributed by atoms with Crippen molar-refractivity contribution in [2.75, 3.05) is 30.0 Å². The molecule has 2 rings (SSSR count). The Balaban J connectivity index is 2.09. The third kappa shape index (κ3) is 3.75. The van der Waals surface area contributed by atoms with Crippen molar-refractivity contribution in [3.05, 3.63) is 22.2 Å². The maximum Gasteiger partial charge on any atom is 0.276 e. The summed E-state index contributed by atoms with van der Waals surface area (Å²) in [6, 6.07) is 2.97. The average Bonchev–Trinajstić information content (AvgIpc) is 3.23. The molecule has 0 unspecified atom stereocenters. The molecule has 0 aliphatic heterocycles. The van der Waals surface area contributed by atoms with Crippen LogP contribution in [-0.2, 0) is 0 Å². The smallest absolute Gasteiger partial charge is 0.276 e.